The lowest BCUT2D eigenvalue weighted by Gasteiger charge is -2.19. The van der Waals surface area contributed by atoms with Crippen molar-refractivity contribution in [2.45, 2.75) is 24.1 Å². The van der Waals surface area contributed by atoms with E-state index in [0.29, 0.717) is 5.03 Å². The van der Waals surface area contributed by atoms with Crippen LogP contribution >= 0.6 is 11.8 Å². The molecule has 0 saturated heterocycles. The average molecular weight is 321 g/mol. The van der Waals surface area contributed by atoms with E-state index >= 15 is 0 Å². The lowest BCUT2D eigenvalue weighted by molar-refractivity contribution is -0.645. The minimum atomic E-state index is 0.0960. The topological polar surface area (TPSA) is 26.9 Å². The molecule has 1 atom stereocenters. The first-order valence-electron chi connectivity index (χ1n) is 7.62. The highest BCUT2D eigenvalue weighted by Gasteiger charge is 2.21. The molecule has 0 aliphatic carbocycles. The molecular formula is C20H19NOS. The second kappa shape index (κ2) is 6.88. The fraction of sp³-hybridized carbons (Fsp3) is 0.150. The number of aromatic nitrogens is 1. The van der Waals surface area contributed by atoms with Gasteiger partial charge in [-0.05, 0) is 48.4 Å². The summed E-state index contributed by atoms with van der Waals surface area (Å²) in [6.45, 7) is 4.23. The van der Waals surface area contributed by atoms with E-state index < -0.39 is 0 Å². The van der Waals surface area contributed by atoms with Crippen molar-refractivity contribution in [3.05, 3.63) is 100 Å². The Bertz CT molecular complexity index is 802. The van der Waals surface area contributed by atoms with Crippen LogP contribution in [0.2, 0.25) is 0 Å². The number of aryl methyl sites for hydroxylation is 2. The molecular weight excluding hydrogens is 302 g/mol. The van der Waals surface area contributed by atoms with Crippen molar-refractivity contribution in [1.82, 2.24) is 0 Å². The molecule has 116 valence electrons. The maximum absolute atomic E-state index is 12.1. The van der Waals surface area contributed by atoms with Gasteiger partial charge in [0.2, 0.25) is 0 Å². The van der Waals surface area contributed by atoms with Crippen LogP contribution in [0.25, 0.3) is 0 Å². The number of thioether (sulfide) groups is 1. The lowest BCUT2D eigenvalue weighted by atomic mass is 9.98. The normalized spacial score (nSPS) is 12.1. The van der Waals surface area contributed by atoms with Crippen LogP contribution in [0.4, 0.5) is 0 Å². The van der Waals surface area contributed by atoms with Gasteiger partial charge in [0.05, 0.1) is 5.25 Å². The summed E-state index contributed by atoms with van der Waals surface area (Å²) in [7, 11) is 0. The summed E-state index contributed by atoms with van der Waals surface area (Å²) >= 11 is 1.59. The van der Waals surface area contributed by atoms with Gasteiger partial charge in [-0.25, -0.2) is 0 Å². The van der Waals surface area contributed by atoms with Gasteiger partial charge in [0.1, 0.15) is 0 Å². The Morgan fingerprint density at radius 2 is 1.65 bits per heavy atom. The fourth-order valence-corrected chi connectivity index (χ4v) is 3.84. The number of nitrogens with zero attached hydrogens (tertiary/aromatic N) is 1. The van der Waals surface area contributed by atoms with Gasteiger partial charge >= 0.3 is 0 Å². The Labute approximate surface area is 141 Å². The third-order valence-corrected chi connectivity index (χ3v) is 5.17. The van der Waals surface area contributed by atoms with Crippen molar-refractivity contribution < 1.29 is 4.73 Å². The zero-order chi connectivity index (χ0) is 16.2. The zero-order valence-corrected chi connectivity index (χ0v) is 14.1. The van der Waals surface area contributed by atoms with Crippen molar-refractivity contribution in [3.8, 4) is 0 Å². The van der Waals surface area contributed by atoms with Crippen molar-refractivity contribution in [2.75, 3.05) is 0 Å². The van der Waals surface area contributed by atoms with E-state index in [0.717, 1.165) is 4.73 Å². The molecule has 0 radical (unpaired) electrons. The molecule has 0 amide bonds. The van der Waals surface area contributed by atoms with Crippen molar-refractivity contribution in [2.24, 2.45) is 0 Å². The Morgan fingerprint density at radius 1 is 0.913 bits per heavy atom. The molecule has 0 fully saturated rings. The average Bonchev–Trinajstić information content (AvgIpc) is 2.57. The highest BCUT2D eigenvalue weighted by Crippen LogP contribution is 2.40. The highest BCUT2D eigenvalue weighted by molar-refractivity contribution is 7.99. The van der Waals surface area contributed by atoms with E-state index in [2.05, 4.69) is 44.2 Å². The molecule has 23 heavy (non-hydrogen) atoms. The lowest BCUT2D eigenvalue weighted by Crippen LogP contribution is -2.28. The summed E-state index contributed by atoms with van der Waals surface area (Å²) in [5, 5.41) is 12.9. The number of hydrogen-bond acceptors (Lipinski definition) is 2. The van der Waals surface area contributed by atoms with Gasteiger partial charge in [-0.15, -0.1) is 0 Å². The van der Waals surface area contributed by atoms with Gasteiger partial charge in [-0.2, -0.15) is 4.73 Å². The third-order valence-electron chi connectivity index (χ3n) is 3.85. The Balaban J connectivity index is 2.08. The first kappa shape index (κ1) is 15.6. The van der Waals surface area contributed by atoms with Crippen molar-refractivity contribution in [1.29, 1.82) is 0 Å². The molecule has 1 aromatic heterocycles. The summed E-state index contributed by atoms with van der Waals surface area (Å²) in [6, 6.07) is 22.4. The van der Waals surface area contributed by atoms with E-state index in [-0.39, 0.29) is 5.25 Å². The van der Waals surface area contributed by atoms with Crippen LogP contribution in [0.1, 0.15) is 27.5 Å². The minimum Gasteiger partial charge on any atom is -0.618 e. The van der Waals surface area contributed by atoms with Gasteiger partial charge in [0, 0.05) is 12.1 Å². The first-order valence-corrected chi connectivity index (χ1v) is 8.50. The van der Waals surface area contributed by atoms with Crippen LogP contribution in [-0.4, -0.2) is 0 Å². The molecule has 3 aromatic rings. The first-order chi connectivity index (χ1) is 11.1. The Morgan fingerprint density at radius 3 is 2.39 bits per heavy atom. The van der Waals surface area contributed by atoms with Gasteiger partial charge < -0.3 is 5.21 Å². The van der Waals surface area contributed by atoms with Crippen LogP contribution in [-0.2, 0) is 0 Å². The van der Waals surface area contributed by atoms with E-state index in [4.69, 9.17) is 0 Å². The molecule has 1 unspecified atom stereocenters. The number of hydrogen-bond donors (Lipinski definition) is 0. The Hall–Kier alpha value is -2.26. The van der Waals surface area contributed by atoms with E-state index in [1.165, 1.54) is 22.3 Å². The summed E-state index contributed by atoms with van der Waals surface area (Å²) in [6.07, 6.45) is 1.55. The number of rotatable bonds is 4. The number of benzene rings is 2. The minimum absolute atomic E-state index is 0.0960. The van der Waals surface area contributed by atoms with E-state index in [1.807, 2.05) is 30.3 Å². The third kappa shape index (κ3) is 3.57. The summed E-state index contributed by atoms with van der Waals surface area (Å²) in [5.74, 6) is 0. The molecule has 2 aromatic carbocycles. The fourth-order valence-electron chi connectivity index (χ4n) is 2.61. The van der Waals surface area contributed by atoms with Crippen LogP contribution in [0.3, 0.4) is 0 Å². The summed E-state index contributed by atoms with van der Waals surface area (Å²) in [5.41, 5.74) is 4.93. The summed E-state index contributed by atoms with van der Waals surface area (Å²) in [4.78, 5) is 0. The SMILES string of the molecule is Cc1ccc(C)c(C(Sc2cccc[n+]2[O-])c2ccccc2)c1. The maximum atomic E-state index is 12.1. The molecule has 0 aliphatic heterocycles. The predicted molar refractivity (Wildman–Crippen MR) is 95.5 cm³/mol. The standard InChI is InChI=1S/C20H19NOS/c1-15-11-12-16(2)18(14-15)20(17-8-4-3-5-9-17)23-19-10-6-7-13-21(19)22/h3-14,20H,1-2H3. The van der Waals surface area contributed by atoms with Crippen molar-refractivity contribution >= 4 is 11.8 Å². The molecule has 0 aliphatic rings. The molecule has 0 saturated carbocycles. The van der Waals surface area contributed by atoms with Gasteiger partial charge in [0.25, 0.3) is 5.03 Å². The molecule has 0 bridgehead atoms. The predicted octanol–water partition coefficient (Wildman–Crippen LogP) is 4.82. The zero-order valence-electron chi connectivity index (χ0n) is 13.3. The smallest absolute Gasteiger partial charge is 0.252 e. The largest absolute Gasteiger partial charge is 0.618 e. The summed E-state index contributed by atoms with van der Waals surface area (Å²) < 4.78 is 0.936. The molecule has 2 nitrogen and oxygen atoms in total. The molecule has 0 spiro atoms. The second-order valence-corrected chi connectivity index (χ2v) is 6.76. The molecule has 0 N–H and O–H groups in total. The molecule has 3 heteroatoms. The highest BCUT2D eigenvalue weighted by atomic mass is 32.2. The second-order valence-electron chi connectivity index (χ2n) is 5.63. The van der Waals surface area contributed by atoms with Crippen molar-refractivity contribution in [3.63, 3.8) is 0 Å². The van der Waals surface area contributed by atoms with Crippen LogP contribution in [0.5, 0.6) is 0 Å². The number of pyridine rings is 1. The van der Waals surface area contributed by atoms with E-state index in [1.54, 1.807) is 24.0 Å². The van der Waals surface area contributed by atoms with Crippen LogP contribution in [0.15, 0.2) is 78.0 Å². The monoisotopic (exact) mass is 321 g/mol. The maximum Gasteiger partial charge on any atom is 0.252 e. The van der Waals surface area contributed by atoms with Gasteiger partial charge in [-0.1, -0.05) is 54.1 Å². The van der Waals surface area contributed by atoms with Gasteiger partial charge in [0.15, 0.2) is 6.20 Å². The van der Waals surface area contributed by atoms with Gasteiger partial charge in [-0.3, -0.25) is 0 Å². The van der Waals surface area contributed by atoms with E-state index in [9.17, 15) is 5.21 Å². The quantitative estimate of drug-likeness (QED) is 0.391. The van der Waals surface area contributed by atoms with Crippen LogP contribution < -0.4 is 4.73 Å². The van der Waals surface area contributed by atoms with Crippen LogP contribution in [0, 0.1) is 19.1 Å². The molecule has 3 rings (SSSR count). The molecule has 1 heterocycles. The Kier molecular flexibility index (Phi) is 4.68.